The SMILES string of the molecule is Cc1csc(N(C(=O)COc2ccc(F)cc2Cl)c2ccccc2)n1. The minimum atomic E-state index is -0.465. The molecule has 25 heavy (non-hydrogen) atoms. The molecule has 0 fully saturated rings. The highest BCUT2D eigenvalue weighted by Gasteiger charge is 2.21. The van der Waals surface area contributed by atoms with E-state index in [4.69, 9.17) is 16.3 Å². The van der Waals surface area contributed by atoms with Gasteiger partial charge in [-0.1, -0.05) is 29.8 Å². The van der Waals surface area contributed by atoms with Crippen molar-refractivity contribution in [2.75, 3.05) is 11.5 Å². The molecular weight excluding hydrogens is 363 g/mol. The van der Waals surface area contributed by atoms with Crippen LogP contribution in [0.4, 0.5) is 15.2 Å². The number of nitrogens with zero attached hydrogens (tertiary/aromatic N) is 2. The van der Waals surface area contributed by atoms with Gasteiger partial charge in [0.2, 0.25) is 0 Å². The van der Waals surface area contributed by atoms with Gasteiger partial charge in [0.1, 0.15) is 11.6 Å². The molecule has 0 N–H and O–H groups in total. The monoisotopic (exact) mass is 376 g/mol. The van der Waals surface area contributed by atoms with Crippen molar-refractivity contribution in [2.45, 2.75) is 6.92 Å². The summed E-state index contributed by atoms with van der Waals surface area (Å²) >= 11 is 7.30. The van der Waals surface area contributed by atoms with Crippen molar-refractivity contribution in [3.05, 3.63) is 70.4 Å². The highest BCUT2D eigenvalue weighted by molar-refractivity contribution is 7.14. The molecule has 128 valence electrons. The first kappa shape index (κ1) is 17.4. The second kappa shape index (κ2) is 7.63. The Morgan fingerprint density at radius 2 is 2.04 bits per heavy atom. The van der Waals surface area contributed by atoms with E-state index in [0.29, 0.717) is 10.8 Å². The summed E-state index contributed by atoms with van der Waals surface area (Å²) in [6.45, 7) is 1.61. The molecule has 0 saturated carbocycles. The van der Waals surface area contributed by atoms with Gasteiger partial charge in [0.15, 0.2) is 11.7 Å². The standard InChI is InChI=1S/C18H14ClFN2O2S/c1-12-11-25-18(21-12)22(14-5-3-2-4-6-14)17(23)10-24-16-8-7-13(20)9-15(16)19/h2-9,11H,10H2,1H3. The number of hydrogen-bond acceptors (Lipinski definition) is 4. The van der Waals surface area contributed by atoms with Crippen molar-refractivity contribution in [1.29, 1.82) is 0 Å². The molecule has 2 aromatic carbocycles. The third kappa shape index (κ3) is 4.15. The number of hydrogen-bond donors (Lipinski definition) is 0. The van der Waals surface area contributed by atoms with Gasteiger partial charge < -0.3 is 4.74 Å². The molecule has 1 heterocycles. The molecule has 3 rings (SSSR count). The molecule has 0 aliphatic carbocycles. The maximum absolute atomic E-state index is 13.1. The topological polar surface area (TPSA) is 42.4 Å². The first-order valence-corrected chi connectivity index (χ1v) is 8.68. The lowest BCUT2D eigenvalue weighted by atomic mass is 10.3. The molecule has 4 nitrogen and oxygen atoms in total. The van der Waals surface area contributed by atoms with Crippen LogP contribution in [-0.2, 0) is 4.79 Å². The second-order valence-electron chi connectivity index (χ2n) is 5.20. The average Bonchev–Trinajstić information content (AvgIpc) is 3.01. The predicted octanol–water partition coefficient (Wildman–Crippen LogP) is 4.99. The Kier molecular flexibility index (Phi) is 5.31. The van der Waals surface area contributed by atoms with Crippen molar-refractivity contribution >= 4 is 39.7 Å². The number of carbonyl (C=O) groups is 1. The minimum Gasteiger partial charge on any atom is -0.482 e. The van der Waals surface area contributed by atoms with Crippen molar-refractivity contribution in [3.63, 3.8) is 0 Å². The number of ether oxygens (including phenoxy) is 1. The van der Waals surface area contributed by atoms with Crippen LogP contribution in [0.3, 0.4) is 0 Å². The normalized spacial score (nSPS) is 10.5. The summed E-state index contributed by atoms with van der Waals surface area (Å²) in [4.78, 5) is 18.6. The zero-order valence-electron chi connectivity index (χ0n) is 13.3. The van der Waals surface area contributed by atoms with E-state index in [9.17, 15) is 9.18 Å². The number of rotatable bonds is 5. The summed E-state index contributed by atoms with van der Waals surface area (Å²) in [5.74, 6) is -0.520. The lowest BCUT2D eigenvalue weighted by molar-refractivity contribution is -0.119. The fourth-order valence-electron chi connectivity index (χ4n) is 2.18. The molecule has 7 heteroatoms. The molecule has 1 aromatic heterocycles. The molecule has 0 aliphatic rings. The van der Waals surface area contributed by atoms with Gasteiger partial charge in [-0.25, -0.2) is 9.37 Å². The number of amides is 1. The van der Waals surface area contributed by atoms with Gasteiger partial charge in [0.05, 0.1) is 16.4 Å². The number of thiazole rings is 1. The second-order valence-corrected chi connectivity index (χ2v) is 6.44. The van der Waals surface area contributed by atoms with Crippen LogP contribution in [0.25, 0.3) is 0 Å². The molecule has 0 atom stereocenters. The molecule has 0 saturated heterocycles. The molecular formula is C18H14ClFN2O2S. The highest BCUT2D eigenvalue weighted by Crippen LogP contribution is 2.29. The Hall–Kier alpha value is -2.44. The maximum Gasteiger partial charge on any atom is 0.271 e. The Bertz CT molecular complexity index is 886. The zero-order chi connectivity index (χ0) is 17.8. The summed E-state index contributed by atoms with van der Waals surface area (Å²) in [6.07, 6.45) is 0. The number of halogens is 2. The fraction of sp³-hybridized carbons (Fsp3) is 0.111. The van der Waals surface area contributed by atoms with Crippen LogP contribution in [0.2, 0.25) is 5.02 Å². The van der Waals surface area contributed by atoms with Crippen molar-refractivity contribution in [1.82, 2.24) is 4.98 Å². The fourth-order valence-corrected chi connectivity index (χ4v) is 3.24. The van der Waals surface area contributed by atoms with Crippen LogP contribution < -0.4 is 9.64 Å². The Balaban J connectivity index is 1.82. The number of anilines is 2. The van der Waals surface area contributed by atoms with E-state index in [0.717, 1.165) is 11.8 Å². The van der Waals surface area contributed by atoms with Crippen molar-refractivity contribution < 1.29 is 13.9 Å². The van der Waals surface area contributed by atoms with Crippen LogP contribution in [0.5, 0.6) is 5.75 Å². The quantitative estimate of drug-likeness (QED) is 0.630. The number of para-hydroxylation sites is 1. The zero-order valence-corrected chi connectivity index (χ0v) is 14.9. The predicted molar refractivity (Wildman–Crippen MR) is 97.3 cm³/mol. The Labute approximate surface area is 153 Å². The van der Waals surface area contributed by atoms with E-state index in [1.165, 1.54) is 28.4 Å². The number of aromatic nitrogens is 1. The largest absolute Gasteiger partial charge is 0.482 e. The third-order valence-electron chi connectivity index (χ3n) is 3.31. The van der Waals surface area contributed by atoms with Crippen LogP contribution in [0.15, 0.2) is 53.9 Å². The van der Waals surface area contributed by atoms with Crippen LogP contribution in [0.1, 0.15) is 5.69 Å². The van der Waals surface area contributed by atoms with Gasteiger partial charge in [-0.3, -0.25) is 9.69 Å². The first-order valence-electron chi connectivity index (χ1n) is 7.42. The smallest absolute Gasteiger partial charge is 0.271 e. The lowest BCUT2D eigenvalue weighted by Gasteiger charge is -2.20. The van der Waals surface area contributed by atoms with E-state index < -0.39 is 5.82 Å². The summed E-state index contributed by atoms with van der Waals surface area (Å²) in [5.41, 5.74) is 1.52. The molecule has 0 spiro atoms. The molecule has 0 aliphatic heterocycles. The van der Waals surface area contributed by atoms with E-state index in [-0.39, 0.29) is 23.3 Å². The summed E-state index contributed by atoms with van der Waals surface area (Å²) in [7, 11) is 0. The van der Waals surface area contributed by atoms with Gasteiger partial charge in [-0.15, -0.1) is 11.3 Å². The summed E-state index contributed by atoms with van der Waals surface area (Å²) in [5, 5.41) is 2.54. The molecule has 0 unspecified atom stereocenters. The van der Waals surface area contributed by atoms with E-state index in [1.807, 2.05) is 42.6 Å². The molecule has 1 amide bonds. The van der Waals surface area contributed by atoms with Crippen molar-refractivity contribution in [3.8, 4) is 5.75 Å². The average molecular weight is 377 g/mol. The van der Waals surface area contributed by atoms with Crippen molar-refractivity contribution in [2.24, 2.45) is 0 Å². The Morgan fingerprint density at radius 1 is 1.28 bits per heavy atom. The summed E-state index contributed by atoms with van der Waals surface area (Å²) in [6, 6.07) is 12.9. The molecule has 3 aromatic rings. The third-order valence-corrected chi connectivity index (χ3v) is 4.55. The van der Waals surface area contributed by atoms with Gasteiger partial charge >= 0.3 is 0 Å². The van der Waals surface area contributed by atoms with Crippen LogP contribution >= 0.6 is 22.9 Å². The highest BCUT2D eigenvalue weighted by atomic mass is 35.5. The number of benzene rings is 2. The van der Waals surface area contributed by atoms with Gasteiger partial charge in [-0.05, 0) is 37.3 Å². The van der Waals surface area contributed by atoms with E-state index in [1.54, 1.807) is 0 Å². The van der Waals surface area contributed by atoms with E-state index >= 15 is 0 Å². The number of carbonyl (C=O) groups excluding carboxylic acids is 1. The number of aryl methyl sites for hydroxylation is 1. The van der Waals surface area contributed by atoms with Crippen LogP contribution in [-0.4, -0.2) is 17.5 Å². The summed E-state index contributed by atoms with van der Waals surface area (Å²) < 4.78 is 18.6. The van der Waals surface area contributed by atoms with Crippen LogP contribution in [0, 0.1) is 12.7 Å². The van der Waals surface area contributed by atoms with E-state index in [2.05, 4.69) is 4.98 Å². The van der Waals surface area contributed by atoms with Gasteiger partial charge in [0.25, 0.3) is 5.91 Å². The lowest BCUT2D eigenvalue weighted by Crippen LogP contribution is -2.30. The van der Waals surface area contributed by atoms with Gasteiger partial charge in [-0.2, -0.15) is 0 Å². The molecule has 0 bridgehead atoms. The minimum absolute atomic E-state index is 0.115. The molecule has 0 radical (unpaired) electrons. The maximum atomic E-state index is 13.1. The van der Waals surface area contributed by atoms with Gasteiger partial charge in [0, 0.05) is 5.38 Å². The first-order chi connectivity index (χ1) is 12.0. The Morgan fingerprint density at radius 3 is 2.68 bits per heavy atom.